The fourth-order valence-corrected chi connectivity index (χ4v) is 8.02. The standard InChI is InChI=1S/C32H18O6S2/c33-31-23-13-11-21(39(35,36)19-7-3-1-4-8-19)15-25(23)27-17-30-28(18-29(27)31)26-16-22(12-14-24(26)32(30)34)40(37,38)20-9-5-2-6-10-20/h1-18H. The van der Waals surface area contributed by atoms with E-state index in [2.05, 4.69) is 0 Å². The normalized spacial score (nSPS) is 12.6. The molecule has 0 amide bonds. The number of sulfone groups is 2. The maximum Gasteiger partial charge on any atom is 0.206 e. The van der Waals surface area contributed by atoms with Crippen molar-refractivity contribution in [1.82, 2.24) is 0 Å². The molecule has 0 N–H and O–H groups in total. The second-order valence-corrected chi connectivity index (χ2v) is 13.5. The minimum atomic E-state index is -3.82. The molecule has 0 radical (unpaired) electrons. The first-order valence-corrected chi connectivity index (χ1v) is 15.3. The summed E-state index contributed by atoms with van der Waals surface area (Å²) < 4.78 is 53.0. The number of hydrogen-bond acceptors (Lipinski definition) is 6. The number of hydrogen-bond donors (Lipinski definition) is 0. The summed E-state index contributed by atoms with van der Waals surface area (Å²) in [4.78, 5) is 27.2. The van der Waals surface area contributed by atoms with Crippen molar-refractivity contribution in [1.29, 1.82) is 0 Å². The summed E-state index contributed by atoms with van der Waals surface area (Å²) in [6.45, 7) is 0. The van der Waals surface area contributed by atoms with Gasteiger partial charge in [0.05, 0.1) is 19.6 Å². The van der Waals surface area contributed by atoms with Crippen molar-refractivity contribution >= 4 is 62.8 Å². The summed E-state index contributed by atoms with van der Waals surface area (Å²) >= 11 is 0. The van der Waals surface area contributed by atoms with Gasteiger partial charge in [-0.05, 0) is 94.3 Å². The second-order valence-electron chi connectivity index (χ2n) is 9.65. The van der Waals surface area contributed by atoms with Crippen molar-refractivity contribution in [2.45, 2.75) is 19.6 Å². The molecule has 0 bridgehead atoms. The van der Waals surface area contributed by atoms with Crippen molar-refractivity contribution in [2.75, 3.05) is 0 Å². The third-order valence-corrected chi connectivity index (χ3v) is 11.0. The quantitative estimate of drug-likeness (QED) is 0.278. The average Bonchev–Trinajstić information content (AvgIpc) is 3.42. The fraction of sp³-hybridized carbons (Fsp3) is 0. The Morgan fingerprint density at radius 3 is 1.05 bits per heavy atom. The Hall–Kier alpha value is -4.66. The van der Waals surface area contributed by atoms with Crippen LogP contribution in [0.3, 0.4) is 0 Å². The highest BCUT2D eigenvalue weighted by Gasteiger charge is 2.23. The van der Waals surface area contributed by atoms with E-state index in [1.807, 2.05) is 0 Å². The van der Waals surface area contributed by atoms with Gasteiger partial charge in [0.2, 0.25) is 19.7 Å². The molecule has 7 aromatic carbocycles. The maximum absolute atomic E-state index is 13.4. The fourth-order valence-electron chi connectivity index (χ4n) is 5.41. The van der Waals surface area contributed by atoms with Crippen LogP contribution in [0.1, 0.15) is 0 Å². The molecular formula is C32H18O6S2. The molecule has 0 aliphatic carbocycles. The summed E-state index contributed by atoms with van der Waals surface area (Å²) in [5.74, 6) is 0. The third-order valence-electron chi connectivity index (χ3n) is 7.43. The van der Waals surface area contributed by atoms with Gasteiger partial charge >= 0.3 is 0 Å². The summed E-state index contributed by atoms with van der Waals surface area (Å²) in [5, 5.41) is 3.19. The topological polar surface area (TPSA) is 102 Å². The smallest absolute Gasteiger partial charge is 0.206 e. The van der Waals surface area contributed by atoms with Gasteiger partial charge in [-0.3, -0.25) is 9.59 Å². The highest BCUT2D eigenvalue weighted by Crippen LogP contribution is 2.35. The highest BCUT2D eigenvalue weighted by molar-refractivity contribution is 7.91. The predicted molar refractivity (Wildman–Crippen MR) is 155 cm³/mol. The Labute approximate surface area is 228 Å². The van der Waals surface area contributed by atoms with Crippen LogP contribution in [0.15, 0.2) is 138 Å². The summed E-state index contributed by atoms with van der Waals surface area (Å²) in [6.07, 6.45) is 0. The lowest BCUT2D eigenvalue weighted by atomic mass is 10.1. The van der Waals surface area contributed by atoms with Crippen molar-refractivity contribution in [3.05, 3.63) is 130 Å². The zero-order valence-corrected chi connectivity index (χ0v) is 22.3. The Kier molecular flexibility index (Phi) is 5.13. The van der Waals surface area contributed by atoms with E-state index >= 15 is 0 Å². The summed E-state index contributed by atoms with van der Waals surface area (Å²) in [5.41, 5.74) is -0.573. The first kappa shape index (κ1) is 24.4. The van der Waals surface area contributed by atoms with E-state index in [9.17, 15) is 26.4 Å². The van der Waals surface area contributed by atoms with Crippen LogP contribution in [-0.2, 0) is 19.7 Å². The SMILES string of the molecule is O=c1c2ccc(S(=O)(=O)c3ccccc3)cc2c2cc3c(=O)c4ccc(S(=O)(=O)c5ccccc5)cc4c3cc12. The first-order valence-electron chi connectivity index (χ1n) is 12.3. The van der Waals surface area contributed by atoms with Gasteiger partial charge in [-0.1, -0.05) is 36.4 Å². The van der Waals surface area contributed by atoms with E-state index in [-0.39, 0.29) is 30.4 Å². The molecule has 0 aromatic heterocycles. The van der Waals surface area contributed by atoms with Crippen molar-refractivity contribution in [3.63, 3.8) is 0 Å². The second kappa shape index (κ2) is 8.42. The number of fused-ring (bicyclic) bond motifs is 6. The molecule has 0 saturated heterocycles. The predicted octanol–water partition coefficient (Wildman–Crippen LogP) is 5.56. The van der Waals surface area contributed by atoms with E-state index in [1.54, 1.807) is 48.5 Å². The van der Waals surface area contributed by atoms with Gasteiger partial charge in [0.15, 0.2) is 10.9 Å². The van der Waals surface area contributed by atoms with Gasteiger partial charge in [0, 0.05) is 21.5 Å². The lowest BCUT2D eigenvalue weighted by molar-refractivity contribution is 0.594. The molecule has 6 nitrogen and oxygen atoms in total. The van der Waals surface area contributed by atoms with Crippen LogP contribution in [0.4, 0.5) is 0 Å². The van der Waals surface area contributed by atoms with Gasteiger partial charge in [0.1, 0.15) is 0 Å². The third kappa shape index (κ3) is 3.40. The average molecular weight is 563 g/mol. The molecule has 0 fully saturated rings. The van der Waals surface area contributed by atoms with E-state index in [0.29, 0.717) is 43.1 Å². The monoisotopic (exact) mass is 562 g/mol. The van der Waals surface area contributed by atoms with Crippen LogP contribution in [0.25, 0.3) is 43.1 Å². The molecule has 0 unspecified atom stereocenters. The zero-order valence-electron chi connectivity index (χ0n) is 20.7. The van der Waals surface area contributed by atoms with Crippen molar-refractivity contribution in [2.24, 2.45) is 0 Å². The number of rotatable bonds is 4. The van der Waals surface area contributed by atoms with Gasteiger partial charge in [0.25, 0.3) is 0 Å². The molecule has 0 aliphatic heterocycles. The maximum atomic E-state index is 13.4. The molecule has 0 aliphatic rings. The van der Waals surface area contributed by atoms with Gasteiger partial charge in [-0.2, -0.15) is 0 Å². The van der Waals surface area contributed by atoms with Gasteiger partial charge in [-0.15, -0.1) is 0 Å². The summed E-state index contributed by atoms with van der Waals surface area (Å²) in [7, 11) is -7.65. The molecule has 194 valence electrons. The summed E-state index contributed by atoms with van der Waals surface area (Å²) in [6, 6.07) is 28.1. The first-order chi connectivity index (χ1) is 19.2. The number of benzene rings is 5. The molecule has 8 heteroatoms. The molecule has 0 spiro atoms. The minimum absolute atomic E-state index is 0.0453. The molecule has 7 rings (SSSR count). The Bertz CT molecular complexity index is 2300. The zero-order chi connectivity index (χ0) is 27.8. The van der Waals surface area contributed by atoms with E-state index in [1.165, 1.54) is 60.7 Å². The molecule has 0 heterocycles. The van der Waals surface area contributed by atoms with Crippen LogP contribution in [0, 0.1) is 0 Å². The van der Waals surface area contributed by atoms with Crippen molar-refractivity contribution in [3.8, 4) is 0 Å². The Balaban J connectivity index is 1.48. The Morgan fingerprint density at radius 1 is 0.325 bits per heavy atom. The molecule has 7 aromatic rings. The lowest BCUT2D eigenvalue weighted by Crippen LogP contribution is -2.02. The molecular weight excluding hydrogens is 544 g/mol. The van der Waals surface area contributed by atoms with E-state index < -0.39 is 19.7 Å². The van der Waals surface area contributed by atoms with Crippen LogP contribution in [-0.4, -0.2) is 16.8 Å². The van der Waals surface area contributed by atoms with Crippen LogP contribution >= 0.6 is 0 Å². The Morgan fingerprint density at radius 2 is 0.675 bits per heavy atom. The lowest BCUT2D eigenvalue weighted by Gasteiger charge is -2.05. The van der Waals surface area contributed by atoms with Crippen LogP contribution in [0.5, 0.6) is 0 Å². The van der Waals surface area contributed by atoms with E-state index in [4.69, 9.17) is 0 Å². The molecule has 40 heavy (non-hydrogen) atoms. The van der Waals surface area contributed by atoms with Crippen LogP contribution in [0.2, 0.25) is 0 Å². The minimum Gasteiger partial charge on any atom is -0.289 e. The van der Waals surface area contributed by atoms with Gasteiger partial charge in [-0.25, -0.2) is 16.8 Å². The molecule has 0 atom stereocenters. The van der Waals surface area contributed by atoms with Crippen molar-refractivity contribution < 1.29 is 16.8 Å². The van der Waals surface area contributed by atoms with Gasteiger partial charge < -0.3 is 0 Å². The highest BCUT2D eigenvalue weighted by atomic mass is 32.2. The van der Waals surface area contributed by atoms with Crippen LogP contribution < -0.4 is 10.9 Å². The molecule has 0 saturated carbocycles. The largest absolute Gasteiger partial charge is 0.289 e. The van der Waals surface area contributed by atoms with E-state index in [0.717, 1.165) is 0 Å².